The summed E-state index contributed by atoms with van der Waals surface area (Å²) in [7, 11) is 0. The van der Waals surface area contributed by atoms with Crippen molar-refractivity contribution in [2.45, 2.75) is 18.4 Å². The number of carbonyl (C=O) groups excluding carboxylic acids is 1. The van der Waals surface area contributed by atoms with E-state index in [0.717, 1.165) is 25.9 Å². The fourth-order valence-electron chi connectivity index (χ4n) is 3.78. The summed E-state index contributed by atoms with van der Waals surface area (Å²) in [5.74, 6) is 6.37. The minimum Gasteiger partial charge on any atom is -0.423 e. The number of carbonyl (C=O) groups is 1. The van der Waals surface area contributed by atoms with Crippen LogP contribution in [0.2, 0.25) is 0 Å². The second-order valence-corrected chi connectivity index (χ2v) is 6.97. The average molecular weight is 347 g/mol. The van der Waals surface area contributed by atoms with E-state index >= 15 is 0 Å². The van der Waals surface area contributed by atoms with Gasteiger partial charge in [-0.15, -0.1) is 0 Å². The summed E-state index contributed by atoms with van der Waals surface area (Å²) in [5.41, 5.74) is -0.000487. The van der Waals surface area contributed by atoms with Crippen LogP contribution in [0.15, 0.2) is 54.6 Å². The third-order valence-corrected chi connectivity index (χ3v) is 5.24. The van der Waals surface area contributed by atoms with Gasteiger partial charge in [0.15, 0.2) is 0 Å². The smallest absolute Gasteiger partial charge is 0.344 e. The number of fused-ring (bicyclic) bond motifs is 3. The van der Waals surface area contributed by atoms with Gasteiger partial charge in [-0.3, -0.25) is 4.90 Å². The second kappa shape index (κ2) is 6.95. The number of rotatable bonds is 2. The molecule has 2 bridgehead atoms. The van der Waals surface area contributed by atoms with Crippen LogP contribution < -0.4 is 4.74 Å². The average Bonchev–Trinajstić information content (AvgIpc) is 2.68. The Bertz CT molecular complexity index is 860. The Labute approximate surface area is 153 Å². The van der Waals surface area contributed by atoms with Crippen LogP contribution in [-0.2, 0) is 0 Å². The number of benzene rings is 2. The maximum Gasteiger partial charge on any atom is 0.344 e. The number of esters is 1. The zero-order chi connectivity index (χ0) is 18.0. The van der Waals surface area contributed by atoms with E-state index in [1.807, 2.05) is 24.3 Å². The van der Waals surface area contributed by atoms with Crippen LogP contribution in [0.1, 0.15) is 28.8 Å². The Morgan fingerprint density at radius 3 is 2.46 bits per heavy atom. The number of hydrogen-bond acceptors (Lipinski definition) is 4. The molecule has 0 amide bonds. The molecule has 3 aliphatic rings. The summed E-state index contributed by atoms with van der Waals surface area (Å²) in [6.07, 6.45) is 1.95. The van der Waals surface area contributed by atoms with E-state index in [4.69, 9.17) is 4.74 Å². The van der Waals surface area contributed by atoms with Crippen molar-refractivity contribution in [3.63, 3.8) is 0 Å². The molecule has 0 aromatic heterocycles. The molecule has 1 atom stereocenters. The van der Waals surface area contributed by atoms with Crippen molar-refractivity contribution in [1.82, 2.24) is 4.90 Å². The molecule has 1 N–H and O–H groups in total. The molecule has 2 aromatic carbocycles. The van der Waals surface area contributed by atoms with Crippen molar-refractivity contribution in [2.24, 2.45) is 5.92 Å². The summed E-state index contributed by atoms with van der Waals surface area (Å²) in [6.45, 7) is 2.66. The molecule has 4 nitrogen and oxygen atoms in total. The minimum absolute atomic E-state index is 0.212. The quantitative estimate of drug-likeness (QED) is 0.516. The van der Waals surface area contributed by atoms with E-state index in [9.17, 15) is 9.90 Å². The fourth-order valence-corrected chi connectivity index (χ4v) is 3.78. The third kappa shape index (κ3) is 3.37. The number of aliphatic hydroxyl groups is 1. The Kier molecular flexibility index (Phi) is 4.50. The Balaban J connectivity index is 1.58. The summed E-state index contributed by atoms with van der Waals surface area (Å²) in [5, 5.41) is 11.0. The lowest BCUT2D eigenvalue weighted by Gasteiger charge is -2.47. The molecule has 4 heteroatoms. The molecule has 0 spiro atoms. The topological polar surface area (TPSA) is 49.8 Å². The van der Waals surface area contributed by atoms with Crippen molar-refractivity contribution in [1.29, 1.82) is 0 Å². The highest BCUT2D eigenvalue weighted by molar-refractivity contribution is 5.93. The van der Waals surface area contributed by atoms with Gasteiger partial charge in [-0.05, 0) is 50.2 Å². The van der Waals surface area contributed by atoms with Crippen LogP contribution in [0, 0.1) is 17.8 Å². The van der Waals surface area contributed by atoms with E-state index in [-0.39, 0.29) is 5.92 Å². The van der Waals surface area contributed by atoms with Crippen molar-refractivity contribution in [3.05, 3.63) is 65.7 Å². The lowest BCUT2D eigenvalue weighted by Crippen LogP contribution is -2.58. The first-order chi connectivity index (χ1) is 12.6. The van der Waals surface area contributed by atoms with E-state index in [2.05, 4.69) is 16.7 Å². The van der Waals surface area contributed by atoms with Crippen LogP contribution in [-0.4, -0.2) is 41.2 Å². The molecular weight excluding hydrogens is 326 g/mol. The highest BCUT2D eigenvalue weighted by atomic mass is 16.5. The molecule has 3 saturated heterocycles. The predicted octanol–water partition coefficient (Wildman–Crippen LogP) is 2.71. The van der Waals surface area contributed by atoms with Gasteiger partial charge in [0, 0.05) is 18.0 Å². The Morgan fingerprint density at radius 1 is 1.08 bits per heavy atom. The zero-order valence-corrected chi connectivity index (χ0v) is 14.5. The van der Waals surface area contributed by atoms with Gasteiger partial charge in [-0.1, -0.05) is 42.2 Å². The minimum atomic E-state index is -0.993. The molecule has 132 valence electrons. The molecule has 5 rings (SSSR count). The predicted molar refractivity (Wildman–Crippen MR) is 98.8 cm³/mol. The molecule has 2 aromatic rings. The van der Waals surface area contributed by atoms with Crippen LogP contribution in [0.5, 0.6) is 5.75 Å². The maximum atomic E-state index is 12.5. The number of ether oxygens (including phenoxy) is 1. The first-order valence-corrected chi connectivity index (χ1v) is 8.98. The lowest BCUT2D eigenvalue weighted by atomic mass is 9.75. The van der Waals surface area contributed by atoms with E-state index in [1.54, 1.807) is 30.3 Å². The SMILES string of the molecule is O=C(Oc1ccccc1)c1ccccc1C#CC1(O)CN2CCC1CC2. The van der Waals surface area contributed by atoms with Gasteiger partial charge < -0.3 is 9.84 Å². The van der Waals surface area contributed by atoms with Crippen molar-refractivity contribution >= 4 is 5.97 Å². The molecule has 0 saturated carbocycles. The highest BCUT2D eigenvalue weighted by Crippen LogP contribution is 2.35. The van der Waals surface area contributed by atoms with Crippen molar-refractivity contribution in [2.75, 3.05) is 19.6 Å². The third-order valence-electron chi connectivity index (χ3n) is 5.24. The number of hydrogen-bond donors (Lipinski definition) is 1. The van der Waals surface area contributed by atoms with Crippen molar-refractivity contribution in [3.8, 4) is 17.6 Å². The van der Waals surface area contributed by atoms with Crippen molar-refractivity contribution < 1.29 is 14.6 Å². The monoisotopic (exact) mass is 347 g/mol. The second-order valence-electron chi connectivity index (χ2n) is 6.97. The normalized spacial score (nSPS) is 26.7. The summed E-state index contributed by atoms with van der Waals surface area (Å²) >= 11 is 0. The van der Waals surface area contributed by atoms with E-state index in [1.165, 1.54) is 0 Å². The molecule has 3 heterocycles. The fraction of sp³-hybridized carbons (Fsp3) is 0.318. The van der Waals surface area contributed by atoms with Crippen LogP contribution in [0.4, 0.5) is 0 Å². The van der Waals surface area contributed by atoms with E-state index < -0.39 is 11.6 Å². The number of piperidine rings is 3. The van der Waals surface area contributed by atoms with Crippen LogP contribution >= 0.6 is 0 Å². The van der Waals surface area contributed by atoms with Gasteiger partial charge in [0.1, 0.15) is 11.4 Å². The number of nitrogens with zero attached hydrogens (tertiary/aromatic N) is 1. The summed E-state index contributed by atoms with van der Waals surface area (Å²) < 4.78 is 5.43. The maximum absolute atomic E-state index is 12.5. The molecule has 1 unspecified atom stereocenters. The van der Waals surface area contributed by atoms with Gasteiger partial charge in [-0.2, -0.15) is 0 Å². The number of para-hydroxylation sites is 1. The van der Waals surface area contributed by atoms with Crippen LogP contribution in [0.25, 0.3) is 0 Å². The summed E-state index contributed by atoms with van der Waals surface area (Å²) in [4.78, 5) is 14.8. The highest BCUT2D eigenvalue weighted by Gasteiger charge is 2.44. The first kappa shape index (κ1) is 16.8. The van der Waals surface area contributed by atoms with E-state index in [0.29, 0.717) is 23.4 Å². The molecule has 3 aliphatic heterocycles. The van der Waals surface area contributed by atoms with Crippen LogP contribution in [0.3, 0.4) is 0 Å². The molecule has 0 aliphatic carbocycles. The zero-order valence-electron chi connectivity index (χ0n) is 14.5. The van der Waals surface area contributed by atoms with Gasteiger partial charge in [-0.25, -0.2) is 4.79 Å². The lowest BCUT2D eigenvalue weighted by molar-refractivity contribution is -0.0713. The van der Waals surface area contributed by atoms with Gasteiger partial charge in [0.2, 0.25) is 0 Å². The molecule has 3 fully saturated rings. The summed E-state index contributed by atoms with van der Waals surface area (Å²) in [6, 6.07) is 16.1. The largest absolute Gasteiger partial charge is 0.423 e. The van der Waals surface area contributed by atoms with Gasteiger partial charge >= 0.3 is 5.97 Å². The molecule has 26 heavy (non-hydrogen) atoms. The Hall–Kier alpha value is -2.61. The Morgan fingerprint density at radius 2 is 1.77 bits per heavy atom. The standard InChI is InChI=1S/C22H21NO3/c24-21(26-19-7-2-1-3-8-19)20-9-5-4-6-17(20)10-13-22(25)16-23-14-11-18(22)12-15-23/h1-9,18,25H,11-12,14-16H2. The first-order valence-electron chi connectivity index (χ1n) is 8.98. The van der Waals surface area contributed by atoms with Gasteiger partial charge in [0.25, 0.3) is 0 Å². The van der Waals surface area contributed by atoms with Gasteiger partial charge in [0.05, 0.1) is 5.56 Å². The molecular formula is C22H21NO3. The molecule has 0 radical (unpaired) electrons.